The van der Waals surface area contributed by atoms with Crippen molar-refractivity contribution in [2.75, 3.05) is 26.4 Å². The molecule has 54 heavy (non-hydrogen) atoms. The van der Waals surface area contributed by atoms with Crippen molar-refractivity contribution in [1.82, 2.24) is 5.32 Å². The Morgan fingerprint density at radius 3 is 1.57 bits per heavy atom. The second-order valence-corrected chi connectivity index (χ2v) is 16.1. The monoisotopic (exact) mass is 784 g/mol. The molecule has 0 aromatic heterocycles. The lowest BCUT2D eigenvalue weighted by Crippen LogP contribution is -2.27. The minimum Gasteiger partial charge on any atom is -0.463 e. The zero-order valence-corrected chi connectivity index (χ0v) is 35.6. The first kappa shape index (κ1) is 52.2. The summed E-state index contributed by atoms with van der Waals surface area (Å²) in [7, 11) is -4.41. The van der Waals surface area contributed by atoms with Gasteiger partial charge in [-0.05, 0) is 64.2 Å². The van der Waals surface area contributed by atoms with E-state index < -0.39 is 26.5 Å². The van der Waals surface area contributed by atoms with Gasteiger partial charge < -0.3 is 20.1 Å². The van der Waals surface area contributed by atoms with E-state index in [1.165, 1.54) is 109 Å². The molecule has 0 saturated carbocycles. The lowest BCUT2D eigenvalue weighted by atomic mass is 10.0. The van der Waals surface area contributed by atoms with Gasteiger partial charge in [-0.1, -0.05) is 159 Å². The highest BCUT2D eigenvalue weighted by Gasteiger charge is 2.23. The Morgan fingerprint density at radius 1 is 0.574 bits per heavy atom. The maximum absolute atomic E-state index is 12.1. The number of unbranched alkanes of at least 4 members (excludes halogenated alkanes) is 22. The van der Waals surface area contributed by atoms with Gasteiger partial charge in [-0.25, -0.2) is 4.57 Å². The van der Waals surface area contributed by atoms with E-state index in [1.54, 1.807) is 0 Å². The third-order valence-corrected chi connectivity index (χ3v) is 10.3. The van der Waals surface area contributed by atoms with Crippen molar-refractivity contribution in [3.63, 3.8) is 0 Å². The molecule has 10 heteroatoms. The molecule has 0 heterocycles. The summed E-state index contributed by atoms with van der Waals surface area (Å²) in [6.45, 7) is 3.46. The molecule has 0 aliphatic carbocycles. The molecule has 3 N–H and O–H groups in total. The number of rotatable bonds is 41. The molecular formula is C44H82NO8P. The van der Waals surface area contributed by atoms with Gasteiger partial charge in [-0.2, -0.15) is 0 Å². The molecule has 0 spiro atoms. The first-order valence-electron chi connectivity index (χ1n) is 22.0. The van der Waals surface area contributed by atoms with Gasteiger partial charge in [0, 0.05) is 19.4 Å². The standard InChI is InChI=1S/C44H82NO8P/c1-3-5-7-9-11-13-15-16-17-18-19-20-21-22-23-24-25-26-27-29-31-33-35-37-44(48)51-40-42(46)41-53-54(49,50)52-39-38-45-43(47)36-34-32-30-28-14-12-10-8-6-4-2/h8,10-11,13,16-17,42,46H,3-7,9,12,14-15,18-41H2,1-2H3,(H,45,47)(H,49,50)/b10-8-,13-11-,17-16-. The van der Waals surface area contributed by atoms with E-state index in [1.807, 2.05) is 0 Å². The summed E-state index contributed by atoms with van der Waals surface area (Å²) in [4.78, 5) is 33.8. The second-order valence-electron chi connectivity index (χ2n) is 14.7. The normalized spacial score (nSPS) is 13.6. The summed E-state index contributed by atoms with van der Waals surface area (Å²) >= 11 is 0. The molecule has 0 fully saturated rings. The molecule has 0 saturated heterocycles. The molecule has 1 amide bonds. The maximum atomic E-state index is 12.1. The Balaban J connectivity index is 3.55. The number of phosphoric ester groups is 1. The van der Waals surface area contributed by atoms with Gasteiger partial charge in [0.05, 0.1) is 13.2 Å². The molecule has 0 aliphatic heterocycles. The van der Waals surface area contributed by atoms with Crippen molar-refractivity contribution < 1.29 is 37.9 Å². The Kier molecular flexibility index (Phi) is 39.5. The molecule has 0 aromatic rings. The SMILES string of the molecule is CCC/C=C\CCCCCCCC(=O)NCCOP(=O)(O)OCC(O)COC(=O)CCCCCCCCCCCCCCC/C=C\C/C=C\CCCCC. The lowest BCUT2D eigenvalue weighted by Gasteiger charge is -2.15. The number of carbonyl (C=O) groups excluding carboxylic acids is 2. The summed E-state index contributed by atoms with van der Waals surface area (Å²) < 4.78 is 26.8. The average molecular weight is 784 g/mol. The van der Waals surface area contributed by atoms with Crippen molar-refractivity contribution in [2.45, 2.75) is 206 Å². The molecule has 0 radical (unpaired) electrons. The zero-order valence-electron chi connectivity index (χ0n) is 34.7. The fraction of sp³-hybridized carbons (Fsp3) is 0.818. The number of aliphatic hydroxyl groups excluding tert-OH is 1. The third-order valence-electron chi connectivity index (χ3n) is 9.27. The van der Waals surface area contributed by atoms with Crippen LogP contribution in [0.4, 0.5) is 0 Å². The Bertz CT molecular complexity index is 986. The number of aliphatic hydroxyl groups is 1. The van der Waals surface area contributed by atoms with E-state index in [0.717, 1.165) is 64.2 Å². The lowest BCUT2D eigenvalue weighted by molar-refractivity contribution is -0.147. The Morgan fingerprint density at radius 2 is 1.04 bits per heavy atom. The molecule has 0 aromatic carbocycles. The van der Waals surface area contributed by atoms with Gasteiger partial charge in [0.1, 0.15) is 12.7 Å². The van der Waals surface area contributed by atoms with Crippen LogP contribution in [-0.4, -0.2) is 54.3 Å². The van der Waals surface area contributed by atoms with Crippen LogP contribution < -0.4 is 5.32 Å². The van der Waals surface area contributed by atoms with E-state index in [4.69, 9.17) is 13.8 Å². The number of phosphoric acid groups is 1. The summed E-state index contributed by atoms with van der Waals surface area (Å²) in [5, 5.41) is 12.7. The van der Waals surface area contributed by atoms with E-state index in [0.29, 0.717) is 6.42 Å². The summed E-state index contributed by atoms with van der Waals surface area (Å²) in [6.07, 6.45) is 45.1. The van der Waals surface area contributed by atoms with Crippen molar-refractivity contribution in [2.24, 2.45) is 0 Å². The zero-order chi connectivity index (χ0) is 39.6. The fourth-order valence-electron chi connectivity index (χ4n) is 5.94. The number of hydrogen-bond acceptors (Lipinski definition) is 7. The number of amides is 1. The van der Waals surface area contributed by atoms with Gasteiger partial charge >= 0.3 is 13.8 Å². The first-order chi connectivity index (χ1) is 26.3. The molecule has 2 atom stereocenters. The van der Waals surface area contributed by atoms with Crippen LogP contribution in [0.2, 0.25) is 0 Å². The summed E-state index contributed by atoms with van der Waals surface area (Å²) in [6, 6.07) is 0. The van der Waals surface area contributed by atoms with E-state index >= 15 is 0 Å². The number of carbonyl (C=O) groups is 2. The van der Waals surface area contributed by atoms with Gasteiger partial charge in [0.15, 0.2) is 0 Å². The van der Waals surface area contributed by atoms with Crippen molar-refractivity contribution in [3.8, 4) is 0 Å². The van der Waals surface area contributed by atoms with Crippen LogP contribution >= 0.6 is 7.82 Å². The van der Waals surface area contributed by atoms with Crippen LogP contribution in [0.25, 0.3) is 0 Å². The minimum atomic E-state index is -4.41. The molecular weight excluding hydrogens is 701 g/mol. The second kappa shape index (κ2) is 40.9. The highest BCUT2D eigenvalue weighted by Crippen LogP contribution is 2.42. The summed E-state index contributed by atoms with van der Waals surface area (Å²) in [5.41, 5.74) is 0. The van der Waals surface area contributed by atoms with Crippen LogP contribution in [0.3, 0.4) is 0 Å². The van der Waals surface area contributed by atoms with Gasteiger partial charge in [-0.15, -0.1) is 0 Å². The van der Waals surface area contributed by atoms with Crippen molar-refractivity contribution in [1.29, 1.82) is 0 Å². The maximum Gasteiger partial charge on any atom is 0.472 e. The molecule has 9 nitrogen and oxygen atoms in total. The van der Waals surface area contributed by atoms with Crippen LogP contribution in [0, 0.1) is 0 Å². The smallest absolute Gasteiger partial charge is 0.463 e. The van der Waals surface area contributed by atoms with Crippen molar-refractivity contribution >= 4 is 19.7 Å². The molecule has 316 valence electrons. The predicted octanol–water partition coefficient (Wildman–Crippen LogP) is 12.2. The molecule has 0 rings (SSSR count). The third kappa shape index (κ3) is 41.4. The van der Waals surface area contributed by atoms with E-state index in [9.17, 15) is 24.2 Å². The Hall–Kier alpha value is -1.77. The number of ether oxygens (including phenoxy) is 1. The highest BCUT2D eigenvalue weighted by atomic mass is 31.2. The summed E-state index contributed by atoms with van der Waals surface area (Å²) in [5.74, 6) is -0.527. The predicted molar refractivity (Wildman–Crippen MR) is 224 cm³/mol. The molecule has 0 aliphatic rings. The van der Waals surface area contributed by atoms with Gasteiger partial charge in [0.25, 0.3) is 0 Å². The quantitative estimate of drug-likeness (QED) is 0.0242. The molecule has 2 unspecified atom stereocenters. The Labute approximate surface area is 331 Å². The largest absolute Gasteiger partial charge is 0.472 e. The van der Waals surface area contributed by atoms with E-state index in [-0.39, 0.29) is 32.1 Å². The van der Waals surface area contributed by atoms with Gasteiger partial charge in [0.2, 0.25) is 5.91 Å². The van der Waals surface area contributed by atoms with Crippen LogP contribution in [0.1, 0.15) is 200 Å². The average Bonchev–Trinajstić information content (AvgIpc) is 3.16. The van der Waals surface area contributed by atoms with Crippen LogP contribution in [-0.2, 0) is 27.9 Å². The molecule has 0 bridgehead atoms. The van der Waals surface area contributed by atoms with E-state index in [2.05, 4.69) is 55.6 Å². The number of hydrogen-bond donors (Lipinski definition) is 3. The minimum absolute atomic E-state index is 0.0774. The van der Waals surface area contributed by atoms with Crippen LogP contribution in [0.15, 0.2) is 36.5 Å². The van der Waals surface area contributed by atoms with Crippen molar-refractivity contribution in [3.05, 3.63) is 36.5 Å². The number of esters is 1. The van der Waals surface area contributed by atoms with Gasteiger partial charge in [-0.3, -0.25) is 18.6 Å². The highest BCUT2D eigenvalue weighted by molar-refractivity contribution is 7.47. The first-order valence-corrected chi connectivity index (χ1v) is 23.5. The topological polar surface area (TPSA) is 131 Å². The number of nitrogens with one attached hydrogen (secondary N) is 1. The fourth-order valence-corrected chi connectivity index (χ4v) is 6.70. The number of allylic oxidation sites excluding steroid dienone is 6. The van der Waals surface area contributed by atoms with Crippen LogP contribution in [0.5, 0.6) is 0 Å².